The Labute approximate surface area is 213 Å². The van der Waals surface area contributed by atoms with Crippen LogP contribution in [0.5, 0.6) is 0 Å². The van der Waals surface area contributed by atoms with Gasteiger partial charge in [0.25, 0.3) is 0 Å². The van der Waals surface area contributed by atoms with Crippen LogP contribution >= 0.6 is 0 Å². The monoisotopic (exact) mass is 562 g/mol. The number of alkyl halides is 3. The fourth-order valence-electron chi connectivity index (χ4n) is 3.52. The molecule has 0 heterocycles. The molecule has 2 aromatic carbocycles. The van der Waals surface area contributed by atoms with E-state index in [9.17, 15) is 13.2 Å². The quantitative estimate of drug-likeness (QED) is 0.321. The third-order valence-corrected chi connectivity index (χ3v) is 17.4. The van der Waals surface area contributed by atoms with Crippen LogP contribution in [-0.4, -0.2) is 54.2 Å². The van der Waals surface area contributed by atoms with E-state index in [1.54, 1.807) is 13.7 Å². The van der Waals surface area contributed by atoms with Crippen LogP contribution in [0.2, 0.25) is 51.9 Å². The first-order chi connectivity index (χ1) is 16.0. The molecule has 0 aliphatic carbocycles. The Morgan fingerprint density at radius 1 is 0.629 bits per heavy atom. The van der Waals surface area contributed by atoms with Gasteiger partial charge in [0.1, 0.15) is 0 Å². The third kappa shape index (κ3) is 11.7. The van der Waals surface area contributed by atoms with Gasteiger partial charge in [-0.15, -0.1) is 0 Å². The van der Waals surface area contributed by atoms with E-state index in [0.29, 0.717) is 0 Å². The molecular weight excluding hydrogens is 522 g/mol. The minimum atomic E-state index is -4.13. The second kappa shape index (κ2) is 12.9. The zero-order chi connectivity index (χ0) is 27.0. The minimum Gasteiger partial charge on any atom is -0.436 e. The Hall–Kier alpha value is -1.06. The Kier molecular flexibility index (Phi) is 11.8. The Bertz CT molecular complexity index is 833. The molecule has 2 rings (SSSR count). The van der Waals surface area contributed by atoms with E-state index >= 15 is 0 Å². The Morgan fingerprint density at radius 2 is 1.03 bits per heavy atom. The van der Waals surface area contributed by atoms with Gasteiger partial charge in [-0.2, -0.15) is 13.2 Å². The van der Waals surface area contributed by atoms with Gasteiger partial charge in [0.15, 0.2) is 16.6 Å². The molecule has 0 aliphatic rings. The standard InChI is InChI=1S/C16H22O2Si2.C8H19F3O2Si2/c1-17-20(18-19(2,3)4,15-11-7-5-8-12-15)16-13-9-6-10-14-16;1-12-15(5,13-14(2,3)4)7-6-8(9,10)11/h5-14H,1-4H3;6-7H2,1-5H3. The van der Waals surface area contributed by atoms with Crippen LogP contribution in [-0.2, 0) is 17.1 Å². The van der Waals surface area contributed by atoms with Gasteiger partial charge in [0.05, 0.1) is 0 Å². The van der Waals surface area contributed by atoms with Crippen molar-refractivity contribution in [2.45, 2.75) is 64.5 Å². The zero-order valence-corrected chi connectivity index (χ0v) is 26.5. The molecule has 0 amide bonds. The van der Waals surface area contributed by atoms with E-state index in [4.69, 9.17) is 17.1 Å². The summed E-state index contributed by atoms with van der Waals surface area (Å²) in [7, 11) is -5.60. The molecule has 0 saturated carbocycles. The molecule has 0 bridgehead atoms. The number of halogens is 3. The molecule has 198 valence electrons. The summed E-state index contributed by atoms with van der Waals surface area (Å²) in [5.74, 6) is 0. The second-order valence-electron chi connectivity index (χ2n) is 10.4. The maximum atomic E-state index is 12.1. The molecule has 0 saturated heterocycles. The first-order valence-electron chi connectivity index (χ1n) is 11.6. The maximum Gasteiger partial charge on any atom is 0.396 e. The summed E-state index contributed by atoms with van der Waals surface area (Å²) in [5.41, 5.74) is 0. The average Bonchev–Trinajstić information content (AvgIpc) is 2.76. The Balaban J connectivity index is 0.000000367. The van der Waals surface area contributed by atoms with Crippen molar-refractivity contribution in [3.8, 4) is 0 Å². The van der Waals surface area contributed by atoms with Crippen molar-refractivity contribution in [1.82, 2.24) is 0 Å². The molecule has 4 nitrogen and oxygen atoms in total. The summed E-state index contributed by atoms with van der Waals surface area (Å²) in [6, 6.07) is 20.7. The van der Waals surface area contributed by atoms with Gasteiger partial charge in [0.2, 0.25) is 0 Å². The molecule has 0 aromatic heterocycles. The van der Waals surface area contributed by atoms with E-state index in [2.05, 4.69) is 43.9 Å². The molecule has 2 aromatic rings. The second-order valence-corrected chi connectivity index (χ2v) is 26.5. The summed E-state index contributed by atoms with van der Waals surface area (Å²) in [4.78, 5) is 0. The molecule has 0 spiro atoms. The predicted octanol–water partition coefficient (Wildman–Crippen LogP) is 6.25. The van der Waals surface area contributed by atoms with Gasteiger partial charge in [-0.1, -0.05) is 60.7 Å². The molecule has 0 N–H and O–H groups in total. The normalized spacial score (nSPS) is 14.6. The van der Waals surface area contributed by atoms with Crippen LogP contribution in [0.15, 0.2) is 60.7 Å². The highest BCUT2D eigenvalue weighted by molar-refractivity contribution is 6.98. The SMILES string of the molecule is CO[Si](C)(CCC(F)(F)F)O[Si](C)(C)C.CO[Si](O[Si](C)(C)C)(c1ccccc1)c1ccccc1. The predicted molar refractivity (Wildman–Crippen MR) is 148 cm³/mol. The van der Waals surface area contributed by atoms with Crippen molar-refractivity contribution in [2.75, 3.05) is 14.2 Å². The minimum absolute atomic E-state index is 0.0305. The number of hydrogen-bond donors (Lipinski definition) is 0. The summed E-state index contributed by atoms with van der Waals surface area (Å²) in [5, 5.41) is 2.33. The molecule has 1 atom stereocenters. The van der Waals surface area contributed by atoms with E-state index < -0.39 is 46.4 Å². The topological polar surface area (TPSA) is 36.9 Å². The number of rotatable bonds is 10. The molecule has 0 aliphatic heterocycles. The Morgan fingerprint density at radius 3 is 1.31 bits per heavy atom. The third-order valence-electron chi connectivity index (χ3n) is 4.86. The van der Waals surface area contributed by atoms with Crippen LogP contribution in [0.3, 0.4) is 0 Å². The van der Waals surface area contributed by atoms with Crippen molar-refractivity contribution in [2.24, 2.45) is 0 Å². The van der Waals surface area contributed by atoms with Gasteiger partial charge >= 0.3 is 23.3 Å². The van der Waals surface area contributed by atoms with Crippen LogP contribution in [0.1, 0.15) is 6.42 Å². The van der Waals surface area contributed by atoms with Crippen LogP contribution in [0, 0.1) is 0 Å². The largest absolute Gasteiger partial charge is 0.436 e. The zero-order valence-electron chi connectivity index (χ0n) is 22.5. The highest BCUT2D eigenvalue weighted by atomic mass is 28.4. The summed E-state index contributed by atoms with van der Waals surface area (Å²) in [6.45, 7) is 14.2. The van der Waals surface area contributed by atoms with Crippen LogP contribution in [0.4, 0.5) is 13.2 Å². The van der Waals surface area contributed by atoms with Crippen LogP contribution < -0.4 is 10.4 Å². The first-order valence-corrected chi connectivity index (χ1v) is 22.8. The van der Waals surface area contributed by atoms with Crippen molar-refractivity contribution in [1.29, 1.82) is 0 Å². The smallest absolute Gasteiger partial charge is 0.396 e. The van der Waals surface area contributed by atoms with Gasteiger partial charge in [-0.25, -0.2) is 0 Å². The van der Waals surface area contributed by atoms with E-state index in [-0.39, 0.29) is 6.04 Å². The molecule has 1 unspecified atom stereocenters. The fourth-order valence-corrected chi connectivity index (χ4v) is 17.2. The number of hydrogen-bond acceptors (Lipinski definition) is 4. The summed E-state index contributed by atoms with van der Waals surface area (Å²) < 4.78 is 59.8. The average molecular weight is 563 g/mol. The van der Waals surface area contributed by atoms with Crippen LogP contribution in [0.25, 0.3) is 0 Å². The van der Waals surface area contributed by atoms with Gasteiger partial charge in [-0.05, 0) is 62.2 Å². The highest BCUT2D eigenvalue weighted by Gasteiger charge is 2.45. The van der Waals surface area contributed by atoms with E-state index in [1.165, 1.54) is 7.11 Å². The summed E-state index contributed by atoms with van der Waals surface area (Å²) >= 11 is 0. The van der Waals surface area contributed by atoms with Gasteiger partial charge in [0, 0.05) is 20.6 Å². The van der Waals surface area contributed by atoms with Crippen molar-refractivity contribution >= 4 is 44.1 Å². The lowest BCUT2D eigenvalue weighted by molar-refractivity contribution is -0.131. The fraction of sp³-hybridized carbons (Fsp3) is 0.500. The van der Waals surface area contributed by atoms with Crippen molar-refractivity contribution < 1.29 is 30.3 Å². The number of benzene rings is 2. The molecular formula is C24H41F3O4Si4. The molecule has 0 radical (unpaired) electrons. The van der Waals surface area contributed by atoms with Gasteiger partial charge < -0.3 is 17.1 Å². The highest BCUT2D eigenvalue weighted by Crippen LogP contribution is 2.28. The van der Waals surface area contributed by atoms with E-state index in [1.807, 2.05) is 56.0 Å². The first kappa shape index (κ1) is 32.0. The molecule has 35 heavy (non-hydrogen) atoms. The van der Waals surface area contributed by atoms with Gasteiger partial charge in [-0.3, -0.25) is 0 Å². The lowest BCUT2D eigenvalue weighted by Crippen LogP contribution is -2.66. The van der Waals surface area contributed by atoms with E-state index in [0.717, 1.165) is 10.4 Å². The van der Waals surface area contributed by atoms with Crippen molar-refractivity contribution in [3.05, 3.63) is 60.7 Å². The molecule has 11 heteroatoms. The van der Waals surface area contributed by atoms with Crippen molar-refractivity contribution in [3.63, 3.8) is 0 Å². The lowest BCUT2D eigenvalue weighted by Gasteiger charge is -2.35. The lowest BCUT2D eigenvalue weighted by atomic mass is 10.4. The maximum absolute atomic E-state index is 12.1. The summed E-state index contributed by atoms with van der Waals surface area (Å²) in [6.07, 6.45) is -4.95. The molecule has 0 fully saturated rings.